The van der Waals surface area contributed by atoms with Crippen LogP contribution in [-0.4, -0.2) is 5.91 Å². The Labute approximate surface area is 119 Å². The molecule has 2 rings (SSSR count). The average Bonchev–Trinajstić information content (AvgIpc) is 2.33. The number of rotatable bonds is 2. The normalized spacial score (nSPS) is 10.3. The van der Waals surface area contributed by atoms with Gasteiger partial charge in [0, 0.05) is 5.02 Å². The topological polar surface area (TPSA) is 55.1 Å². The van der Waals surface area contributed by atoms with Gasteiger partial charge in [-0.15, -0.1) is 0 Å². The monoisotopic (exact) mass is 298 g/mol. The standard InChI is InChI=1S/C13H9Cl2FN2O/c14-7-1-3-9(10(15)5-7)13(19)18-12-6-8(16)2-4-11(12)17/h1-6H,17H2,(H,18,19). The number of nitrogens with one attached hydrogen (secondary N) is 1. The van der Waals surface area contributed by atoms with Gasteiger partial charge in [-0.05, 0) is 36.4 Å². The first-order valence-electron chi connectivity index (χ1n) is 5.29. The van der Waals surface area contributed by atoms with Crippen LogP contribution in [0.2, 0.25) is 10.0 Å². The highest BCUT2D eigenvalue weighted by Gasteiger charge is 2.12. The molecule has 0 aliphatic heterocycles. The van der Waals surface area contributed by atoms with Crippen molar-refractivity contribution in [1.82, 2.24) is 0 Å². The van der Waals surface area contributed by atoms with Gasteiger partial charge in [0.25, 0.3) is 5.91 Å². The van der Waals surface area contributed by atoms with Crippen molar-refractivity contribution < 1.29 is 9.18 Å². The first-order chi connectivity index (χ1) is 8.97. The first kappa shape index (κ1) is 13.6. The molecule has 0 saturated heterocycles. The molecular weight excluding hydrogens is 290 g/mol. The van der Waals surface area contributed by atoms with E-state index in [0.29, 0.717) is 5.02 Å². The molecule has 0 heterocycles. The van der Waals surface area contributed by atoms with Crippen molar-refractivity contribution in [3.8, 4) is 0 Å². The maximum Gasteiger partial charge on any atom is 0.257 e. The molecule has 98 valence electrons. The summed E-state index contributed by atoms with van der Waals surface area (Å²) in [4.78, 5) is 12.0. The van der Waals surface area contributed by atoms with E-state index in [4.69, 9.17) is 28.9 Å². The van der Waals surface area contributed by atoms with Gasteiger partial charge in [-0.25, -0.2) is 4.39 Å². The van der Waals surface area contributed by atoms with E-state index < -0.39 is 11.7 Å². The number of anilines is 2. The highest BCUT2D eigenvalue weighted by molar-refractivity contribution is 6.37. The van der Waals surface area contributed by atoms with Crippen molar-refractivity contribution in [2.75, 3.05) is 11.1 Å². The van der Waals surface area contributed by atoms with Gasteiger partial charge < -0.3 is 11.1 Å². The van der Waals surface area contributed by atoms with E-state index in [0.717, 1.165) is 6.07 Å². The molecule has 1 amide bonds. The SMILES string of the molecule is Nc1ccc(F)cc1NC(=O)c1ccc(Cl)cc1Cl. The Balaban J connectivity index is 2.28. The van der Waals surface area contributed by atoms with Crippen molar-refractivity contribution in [3.05, 3.63) is 57.8 Å². The van der Waals surface area contributed by atoms with Gasteiger partial charge in [0.05, 0.1) is 22.0 Å². The van der Waals surface area contributed by atoms with Crippen LogP contribution in [0.3, 0.4) is 0 Å². The maximum atomic E-state index is 13.1. The molecular formula is C13H9Cl2FN2O. The Kier molecular flexibility index (Phi) is 3.93. The third-order valence-corrected chi connectivity index (χ3v) is 2.99. The molecule has 19 heavy (non-hydrogen) atoms. The lowest BCUT2D eigenvalue weighted by molar-refractivity contribution is 0.102. The maximum absolute atomic E-state index is 13.1. The fraction of sp³-hybridized carbons (Fsp3) is 0. The van der Waals surface area contributed by atoms with Crippen molar-refractivity contribution in [1.29, 1.82) is 0 Å². The molecule has 3 N–H and O–H groups in total. The third-order valence-electron chi connectivity index (χ3n) is 2.44. The van der Waals surface area contributed by atoms with Crippen LogP contribution in [0.4, 0.5) is 15.8 Å². The Hall–Kier alpha value is -1.78. The minimum absolute atomic E-state index is 0.191. The molecule has 0 aliphatic rings. The Morgan fingerprint density at radius 3 is 2.58 bits per heavy atom. The number of carbonyl (C=O) groups excluding carboxylic acids is 1. The minimum atomic E-state index is -0.494. The molecule has 2 aromatic carbocycles. The number of hydrogen-bond acceptors (Lipinski definition) is 2. The van der Waals surface area contributed by atoms with Gasteiger partial charge in [0.15, 0.2) is 0 Å². The number of hydrogen-bond donors (Lipinski definition) is 2. The second-order valence-corrected chi connectivity index (χ2v) is 4.65. The van der Waals surface area contributed by atoms with Crippen LogP contribution in [0.1, 0.15) is 10.4 Å². The van der Waals surface area contributed by atoms with Crippen LogP contribution in [0.25, 0.3) is 0 Å². The van der Waals surface area contributed by atoms with Gasteiger partial charge in [-0.2, -0.15) is 0 Å². The van der Waals surface area contributed by atoms with Crippen LogP contribution in [0.5, 0.6) is 0 Å². The average molecular weight is 299 g/mol. The van der Waals surface area contributed by atoms with Gasteiger partial charge in [0.2, 0.25) is 0 Å². The third kappa shape index (κ3) is 3.16. The molecule has 0 spiro atoms. The molecule has 3 nitrogen and oxygen atoms in total. The highest BCUT2D eigenvalue weighted by atomic mass is 35.5. The Morgan fingerprint density at radius 2 is 1.89 bits per heavy atom. The Morgan fingerprint density at radius 1 is 1.16 bits per heavy atom. The van der Waals surface area contributed by atoms with E-state index in [1.165, 1.54) is 30.3 Å². The summed E-state index contributed by atoms with van der Waals surface area (Å²) >= 11 is 11.7. The van der Waals surface area contributed by atoms with Gasteiger partial charge >= 0.3 is 0 Å². The lowest BCUT2D eigenvalue weighted by atomic mass is 10.2. The molecule has 0 bridgehead atoms. The summed E-state index contributed by atoms with van der Waals surface area (Å²) in [5, 5.41) is 3.13. The summed E-state index contributed by atoms with van der Waals surface area (Å²) in [6.07, 6.45) is 0. The van der Waals surface area contributed by atoms with Crippen molar-refractivity contribution in [2.45, 2.75) is 0 Å². The number of amides is 1. The van der Waals surface area contributed by atoms with Crippen molar-refractivity contribution in [2.24, 2.45) is 0 Å². The number of nitrogens with two attached hydrogens (primary N) is 1. The molecule has 0 fully saturated rings. The molecule has 6 heteroatoms. The summed E-state index contributed by atoms with van der Waals surface area (Å²) in [6.45, 7) is 0. The van der Waals surface area contributed by atoms with E-state index in [1.54, 1.807) is 0 Å². The largest absolute Gasteiger partial charge is 0.397 e. The fourth-order valence-electron chi connectivity index (χ4n) is 1.50. The highest BCUT2D eigenvalue weighted by Crippen LogP contribution is 2.24. The molecule has 2 aromatic rings. The number of halogens is 3. The zero-order valence-electron chi connectivity index (χ0n) is 9.58. The van der Waals surface area contributed by atoms with Crippen LogP contribution in [-0.2, 0) is 0 Å². The minimum Gasteiger partial charge on any atom is -0.397 e. The van der Waals surface area contributed by atoms with Crippen LogP contribution in [0, 0.1) is 5.82 Å². The van der Waals surface area contributed by atoms with Gasteiger partial charge in [0.1, 0.15) is 5.82 Å². The summed E-state index contributed by atoms with van der Waals surface area (Å²) < 4.78 is 13.1. The van der Waals surface area contributed by atoms with Gasteiger partial charge in [-0.1, -0.05) is 23.2 Å². The lowest BCUT2D eigenvalue weighted by Crippen LogP contribution is -2.13. The van der Waals surface area contributed by atoms with E-state index in [-0.39, 0.29) is 22.0 Å². The second-order valence-electron chi connectivity index (χ2n) is 3.81. The van der Waals surface area contributed by atoms with E-state index in [9.17, 15) is 9.18 Å². The molecule has 0 radical (unpaired) electrons. The summed E-state index contributed by atoms with van der Waals surface area (Å²) in [5.41, 5.74) is 6.33. The predicted molar refractivity (Wildman–Crippen MR) is 75.2 cm³/mol. The summed E-state index contributed by atoms with van der Waals surface area (Å²) in [6, 6.07) is 8.19. The number of carbonyl (C=O) groups is 1. The molecule has 0 atom stereocenters. The zero-order chi connectivity index (χ0) is 14.0. The van der Waals surface area contributed by atoms with Crippen molar-refractivity contribution in [3.63, 3.8) is 0 Å². The van der Waals surface area contributed by atoms with Crippen LogP contribution >= 0.6 is 23.2 Å². The van der Waals surface area contributed by atoms with E-state index in [1.807, 2.05) is 0 Å². The first-order valence-corrected chi connectivity index (χ1v) is 6.04. The summed E-state index contributed by atoms with van der Waals surface area (Å²) in [7, 11) is 0. The van der Waals surface area contributed by atoms with Crippen LogP contribution < -0.4 is 11.1 Å². The Bertz CT molecular complexity index is 647. The quantitative estimate of drug-likeness (QED) is 0.824. The summed E-state index contributed by atoms with van der Waals surface area (Å²) in [5.74, 6) is -0.981. The van der Waals surface area contributed by atoms with Gasteiger partial charge in [-0.3, -0.25) is 4.79 Å². The molecule has 0 unspecified atom stereocenters. The lowest BCUT2D eigenvalue weighted by Gasteiger charge is -2.09. The van der Waals surface area contributed by atoms with Crippen LogP contribution in [0.15, 0.2) is 36.4 Å². The smallest absolute Gasteiger partial charge is 0.257 e. The van der Waals surface area contributed by atoms with E-state index in [2.05, 4.69) is 5.32 Å². The predicted octanol–water partition coefficient (Wildman–Crippen LogP) is 3.97. The number of benzene rings is 2. The molecule has 0 aliphatic carbocycles. The number of nitrogen functional groups attached to an aromatic ring is 1. The fourth-order valence-corrected chi connectivity index (χ4v) is 1.99. The molecule has 0 saturated carbocycles. The van der Waals surface area contributed by atoms with E-state index >= 15 is 0 Å². The van der Waals surface area contributed by atoms with Crippen molar-refractivity contribution >= 4 is 40.5 Å². The molecule has 0 aromatic heterocycles. The second kappa shape index (κ2) is 5.47. The zero-order valence-corrected chi connectivity index (χ0v) is 11.1.